The minimum absolute atomic E-state index is 0. The van der Waals surface area contributed by atoms with Gasteiger partial charge in [0.25, 0.3) is 5.91 Å². The molecule has 0 spiro atoms. The Morgan fingerprint density at radius 2 is 2.11 bits per heavy atom. The van der Waals surface area contributed by atoms with Gasteiger partial charge in [0.15, 0.2) is 5.82 Å². The fourth-order valence-corrected chi connectivity index (χ4v) is 3.86. The first-order chi connectivity index (χ1) is 12.5. The number of aromatic nitrogens is 2. The molecule has 1 saturated heterocycles. The number of imidazole rings is 1. The van der Waals surface area contributed by atoms with Gasteiger partial charge in [0.05, 0.1) is 11.0 Å². The number of fused-ring (bicyclic) bond motifs is 1. The van der Waals surface area contributed by atoms with Crippen LogP contribution in [0.25, 0.3) is 11.0 Å². The molecule has 1 aliphatic heterocycles. The molecule has 0 unspecified atom stereocenters. The molecule has 27 heavy (non-hydrogen) atoms. The average molecular weight is 375 g/mol. The van der Waals surface area contributed by atoms with Gasteiger partial charge < -0.3 is 19.9 Å². The van der Waals surface area contributed by atoms with Crippen LogP contribution in [0.5, 0.6) is 0 Å². The molecule has 2 heterocycles. The fraction of sp³-hybridized carbons (Fsp3) is 0.619. The summed E-state index contributed by atoms with van der Waals surface area (Å²) in [6.07, 6.45) is 0.828. The maximum absolute atomic E-state index is 13.5. The van der Waals surface area contributed by atoms with E-state index < -0.39 is 0 Å². The van der Waals surface area contributed by atoms with Gasteiger partial charge in [0.1, 0.15) is 0 Å². The Balaban J connectivity index is 0.00000261. The number of benzene rings is 1. The first kappa shape index (κ1) is 21.4. The van der Waals surface area contributed by atoms with E-state index >= 15 is 0 Å². The number of carbonyl (C=O) groups excluding carboxylic acids is 1. The van der Waals surface area contributed by atoms with Crippen LogP contribution in [-0.2, 0) is 6.54 Å². The summed E-state index contributed by atoms with van der Waals surface area (Å²) in [6, 6.07) is 7.98. The minimum Gasteiger partial charge on any atom is -0.396 e. The zero-order valence-corrected chi connectivity index (χ0v) is 16.0. The molecule has 2 N–H and O–H groups in total. The van der Waals surface area contributed by atoms with Crippen molar-refractivity contribution >= 4 is 16.9 Å². The molecule has 6 heteroatoms. The van der Waals surface area contributed by atoms with Crippen molar-refractivity contribution in [1.29, 1.82) is 0 Å². The maximum atomic E-state index is 13.5. The van der Waals surface area contributed by atoms with Crippen LogP contribution in [0.1, 0.15) is 45.2 Å². The molecule has 0 aliphatic carbocycles. The number of hydrogen-bond donors (Lipinski definition) is 2. The lowest BCUT2D eigenvalue weighted by Gasteiger charge is -2.38. The Hall–Kier alpha value is -1.92. The van der Waals surface area contributed by atoms with Gasteiger partial charge >= 0.3 is 0 Å². The Labute approximate surface area is 162 Å². The summed E-state index contributed by atoms with van der Waals surface area (Å²) in [7, 11) is 0. The molecule has 1 aliphatic rings. The average Bonchev–Trinajstić information content (AvgIpc) is 3.04. The minimum atomic E-state index is -0.0119. The molecule has 1 aromatic carbocycles. The quantitative estimate of drug-likeness (QED) is 0.816. The number of aliphatic hydroxyl groups excluding tert-OH is 1. The summed E-state index contributed by atoms with van der Waals surface area (Å²) < 4.78 is 2.00. The van der Waals surface area contributed by atoms with E-state index in [0.717, 1.165) is 30.5 Å². The maximum Gasteiger partial charge on any atom is 0.290 e. The molecule has 0 radical (unpaired) electrons. The second-order valence-corrected chi connectivity index (χ2v) is 7.62. The standard InChI is InChI=1S/C20H30N4O2.CH4/c1-4-23-18-8-6-5-7-17(18)22-19(23)20(26)24(12-14(2)3)16-9-15(13-25)10-21-11-16;/h5-8,14-16,21,25H,4,9-13H2,1-3H3;1H4/t15-,16+;/m1./s1. The molecular weight excluding hydrogens is 340 g/mol. The first-order valence-corrected chi connectivity index (χ1v) is 9.62. The van der Waals surface area contributed by atoms with Crippen LogP contribution < -0.4 is 5.32 Å². The van der Waals surface area contributed by atoms with Crippen molar-refractivity contribution in [3.8, 4) is 0 Å². The van der Waals surface area contributed by atoms with E-state index in [1.807, 2.05) is 40.7 Å². The third kappa shape index (κ3) is 4.50. The SMILES string of the molecule is C.CCn1c(C(=O)N(CC(C)C)[C@@H]2CNC[C@H](CO)C2)nc2ccccc21. The summed E-state index contributed by atoms with van der Waals surface area (Å²) in [4.78, 5) is 20.1. The predicted molar refractivity (Wildman–Crippen MR) is 110 cm³/mol. The van der Waals surface area contributed by atoms with Crippen molar-refractivity contribution < 1.29 is 9.90 Å². The molecule has 6 nitrogen and oxygen atoms in total. The van der Waals surface area contributed by atoms with Gasteiger partial charge in [-0.3, -0.25) is 4.79 Å². The van der Waals surface area contributed by atoms with Crippen molar-refractivity contribution in [2.75, 3.05) is 26.2 Å². The van der Waals surface area contributed by atoms with E-state index in [0.29, 0.717) is 24.8 Å². The highest BCUT2D eigenvalue weighted by Crippen LogP contribution is 2.22. The predicted octanol–water partition coefficient (Wildman–Crippen LogP) is 2.76. The summed E-state index contributed by atoms with van der Waals surface area (Å²) in [5.74, 6) is 1.07. The van der Waals surface area contributed by atoms with Crippen molar-refractivity contribution in [2.45, 2.75) is 47.2 Å². The van der Waals surface area contributed by atoms with Crippen LogP contribution in [-0.4, -0.2) is 57.7 Å². The van der Waals surface area contributed by atoms with Gasteiger partial charge in [-0.05, 0) is 37.3 Å². The topological polar surface area (TPSA) is 70.4 Å². The number of para-hydroxylation sites is 2. The number of aliphatic hydroxyl groups is 1. The molecule has 1 amide bonds. The Morgan fingerprint density at radius 3 is 2.78 bits per heavy atom. The summed E-state index contributed by atoms with van der Waals surface area (Å²) in [6.45, 7) is 9.43. The van der Waals surface area contributed by atoms with Gasteiger partial charge in [0, 0.05) is 38.8 Å². The first-order valence-electron chi connectivity index (χ1n) is 9.62. The molecule has 1 aromatic heterocycles. The highest BCUT2D eigenvalue weighted by Gasteiger charge is 2.32. The van der Waals surface area contributed by atoms with E-state index in [9.17, 15) is 9.90 Å². The summed E-state index contributed by atoms with van der Waals surface area (Å²) >= 11 is 0. The van der Waals surface area contributed by atoms with Crippen LogP contribution in [0.3, 0.4) is 0 Å². The molecule has 2 aromatic rings. The third-order valence-corrected chi connectivity index (χ3v) is 5.10. The lowest BCUT2D eigenvalue weighted by molar-refractivity contribution is 0.0538. The summed E-state index contributed by atoms with van der Waals surface area (Å²) in [5, 5.41) is 12.9. The fourth-order valence-electron chi connectivity index (χ4n) is 3.86. The van der Waals surface area contributed by atoms with Crippen molar-refractivity contribution in [3.05, 3.63) is 30.1 Å². The number of aryl methyl sites for hydroxylation is 1. The monoisotopic (exact) mass is 374 g/mol. The number of piperidine rings is 1. The molecule has 0 saturated carbocycles. The molecule has 0 bridgehead atoms. The summed E-state index contributed by atoms with van der Waals surface area (Å²) in [5.41, 5.74) is 1.86. The van der Waals surface area contributed by atoms with Gasteiger partial charge in [-0.25, -0.2) is 4.98 Å². The third-order valence-electron chi connectivity index (χ3n) is 5.10. The van der Waals surface area contributed by atoms with Crippen LogP contribution in [0.2, 0.25) is 0 Å². The van der Waals surface area contributed by atoms with E-state index in [2.05, 4.69) is 24.1 Å². The Kier molecular flexibility index (Phi) is 7.39. The Morgan fingerprint density at radius 1 is 1.37 bits per heavy atom. The van der Waals surface area contributed by atoms with Crippen molar-refractivity contribution in [1.82, 2.24) is 19.8 Å². The molecule has 1 fully saturated rings. The van der Waals surface area contributed by atoms with Crippen molar-refractivity contribution in [3.63, 3.8) is 0 Å². The number of amides is 1. The van der Waals surface area contributed by atoms with E-state index in [4.69, 9.17) is 0 Å². The van der Waals surface area contributed by atoms with Gasteiger partial charge in [0.2, 0.25) is 0 Å². The van der Waals surface area contributed by atoms with Crippen molar-refractivity contribution in [2.24, 2.45) is 11.8 Å². The lowest BCUT2D eigenvalue weighted by atomic mass is 9.94. The molecule has 3 rings (SSSR count). The number of hydrogen-bond acceptors (Lipinski definition) is 4. The number of carbonyl (C=O) groups is 1. The van der Waals surface area contributed by atoms with Crippen LogP contribution >= 0.6 is 0 Å². The zero-order chi connectivity index (χ0) is 18.7. The van der Waals surface area contributed by atoms with Gasteiger partial charge in [-0.1, -0.05) is 33.4 Å². The van der Waals surface area contributed by atoms with E-state index in [-0.39, 0.29) is 31.9 Å². The highest BCUT2D eigenvalue weighted by molar-refractivity contribution is 5.95. The van der Waals surface area contributed by atoms with E-state index in [1.54, 1.807) is 0 Å². The largest absolute Gasteiger partial charge is 0.396 e. The van der Waals surface area contributed by atoms with Crippen LogP contribution in [0.4, 0.5) is 0 Å². The molecular formula is C21H34N4O2. The van der Waals surface area contributed by atoms with Crippen LogP contribution in [0.15, 0.2) is 24.3 Å². The smallest absolute Gasteiger partial charge is 0.290 e. The second-order valence-electron chi connectivity index (χ2n) is 7.62. The Bertz CT molecular complexity index is 756. The molecule has 150 valence electrons. The second kappa shape index (κ2) is 9.33. The highest BCUT2D eigenvalue weighted by atomic mass is 16.3. The van der Waals surface area contributed by atoms with Crippen LogP contribution in [0, 0.1) is 11.8 Å². The zero-order valence-electron chi connectivity index (χ0n) is 16.0. The number of rotatable bonds is 6. The number of nitrogens with zero attached hydrogens (tertiary/aromatic N) is 3. The lowest BCUT2D eigenvalue weighted by Crippen LogP contribution is -2.53. The van der Waals surface area contributed by atoms with Gasteiger partial charge in [-0.15, -0.1) is 0 Å². The number of nitrogens with one attached hydrogen (secondary N) is 1. The normalized spacial score (nSPS) is 19.9. The van der Waals surface area contributed by atoms with Gasteiger partial charge in [-0.2, -0.15) is 0 Å². The van der Waals surface area contributed by atoms with E-state index in [1.165, 1.54) is 0 Å². The molecule has 2 atom stereocenters.